The van der Waals surface area contributed by atoms with Crippen molar-refractivity contribution < 1.29 is 4.79 Å². The first-order chi connectivity index (χ1) is 12.8. The Bertz CT molecular complexity index is 908. The maximum absolute atomic E-state index is 12.5. The molecule has 0 bridgehead atoms. The Morgan fingerprint density at radius 1 is 1.04 bits per heavy atom. The lowest BCUT2D eigenvalue weighted by Crippen LogP contribution is -2.24. The van der Waals surface area contributed by atoms with Crippen molar-refractivity contribution >= 4 is 11.6 Å². The van der Waals surface area contributed by atoms with Gasteiger partial charge in [-0.05, 0) is 35.9 Å². The predicted octanol–water partition coefficient (Wildman–Crippen LogP) is 2.57. The molecule has 0 fully saturated rings. The van der Waals surface area contributed by atoms with Gasteiger partial charge in [-0.3, -0.25) is 4.79 Å². The van der Waals surface area contributed by atoms with Crippen LogP contribution in [0.3, 0.4) is 0 Å². The van der Waals surface area contributed by atoms with Crippen LogP contribution in [-0.2, 0) is 6.54 Å². The Balaban J connectivity index is 1.38. The molecule has 1 aliphatic rings. The fourth-order valence-corrected chi connectivity index (χ4v) is 2.93. The largest absolute Gasteiger partial charge is 0.364 e. The van der Waals surface area contributed by atoms with Crippen LogP contribution in [0.5, 0.6) is 0 Å². The molecule has 1 aromatic heterocycles. The topological polar surface area (TPSA) is 63.1 Å². The standard InChI is InChI=1S/C20H19N5O/c26-20(17-4-3-5-19(12-17)24-10-1-2-11-24)22-13-16-6-8-18(9-7-16)25-15-21-14-23-25/h1-9,12,14-15H,10-11,13H2,(H,22,26). The van der Waals surface area contributed by atoms with Gasteiger partial charge in [-0.2, -0.15) is 5.10 Å². The summed E-state index contributed by atoms with van der Waals surface area (Å²) in [6.45, 7) is 2.26. The van der Waals surface area contributed by atoms with Crippen molar-refractivity contribution in [3.05, 3.63) is 84.5 Å². The van der Waals surface area contributed by atoms with E-state index in [4.69, 9.17) is 0 Å². The van der Waals surface area contributed by atoms with Gasteiger partial charge >= 0.3 is 0 Å². The first kappa shape index (κ1) is 16.1. The highest BCUT2D eigenvalue weighted by Gasteiger charge is 2.11. The molecule has 0 unspecified atom stereocenters. The second-order valence-corrected chi connectivity index (χ2v) is 6.12. The van der Waals surface area contributed by atoms with E-state index in [0.29, 0.717) is 12.1 Å². The van der Waals surface area contributed by atoms with Crippen LogP contribution in [-0.4, -0.2) is 33.8 Å². The van der Waals surface area contributed by atoms with E-state index in [1.54, 1.807) is 11.0 Å². The van der Waals surface area contributed by atoms with Crippen LogP contribution in [0, 0.1) is 0 Å². The summed E-state index contributed by atoms with van der Waals surface area (Å²) in [4.78, 5) is 18.6. The quantitative estimate of drug-likeness (QED) is 0.722. The van der Waals surface area contributed by atoms with Gasteiger partial charge < -0.3 is 10.2 Å². The van der Waals surface area contributed by atoms with Crippen LogP contribution >= 0.6 is 0 Å². The van der Waals surface area contributed by atoms with Crippen molar-refractivity contribution in [2.24, 2.45) is 0 Å². The van der Waals surface area contributed by atoms with Gasteiger partial charge in [0.2, 0.25) is 0 Å². The van der Waals surface area contributed by atoms with E-state index in [1.807, 2.05) is 48.5 Å². The summed E-state index contributed by atoms with van der Waals surface area (Å²) >= 11 is 0. The third-order valence-corrected chi connectivity index (χ3v) is 4.36. The van der Waals surface area contributed by atoms with Crippen molar-refractivity contribution in [1.29, 1.82) is 0 Å². The van der Waals surface area contributed by atoms with Crippen molar-refractivity contribution in [2.45, 2.75) is 6.54 Å². The number of nitrogens with one attached hydrogen (secondary N) is 1. The molecule has 0 saturated heterocycles. The molecule has 4 rings (SSSR count). The Labute approximate surface area is 151 Å². The molecule has 0 atom stereocenters. The number of amides is 1. The molecule has 0 radical (unpaired) electrons. The molecular weight excluding hydrogens is 326 g/mol. The van der Waals surface area contributed by atoms with Gasteiger partial charge in [0.1, 0.15) is 12.7 Å². The molecule has 6 nitrogen and oxygen atoms in total. The number of aromatic nitrogens is 3. The third-order valence-electron chi connectivity index (χ3n) is 4.36. The molecule has 6 heteroatoms. The minimum Gasteiger partial charge on any atom is -0.364 e. The highest BCUT2D eigenvalue weighted by Crippen LogP contribution is 2.18. The van der Waals surface area contributed by atoms with E-state index in [9.17, 15) is 4.79 Å². The molecule has 1 aliphatic heterocycles. The summed E-state index contributed by atoms with van der Waals surface area (Å²) in [5, 5.41) is 7.08. The molecule has 130 valence electrons. The Kier molecular flexibility index (Phi) is 4.47. The highest BCUT2D eigenvalue weighted by molar-refractivity contribution is 5.95. The first-order valence-corrected chi connectivity index (χ1v) is 8.52. The lowest BCUT2D eigenvalue weighted by Gasteiger charge is -2.18. The number of carbonyl (C=O) groups excluding carboxylic acids is 1. The van der Waals surface area contributed by atoms with Crippen LogP contribution in [0.1, 0.15) is 15.9 Å². The zero-order valence-corrected chi connectivity index (χ0v) is 14.2. The summed E-state index contributed by atoms with van der Waals surface area (Å²) in [6, 6.07) is 15.6. The average molecular weight is 345 g/mol. The molecule has 1 amide bonds. The molecule has 2 aromatic carbocycles. The van der Waals surface area contributed by atoms with Gasteiger partial charge in [0.25, 0.3) is 5.91 Å². The zero-order chi connectivity index (χ0) is 17.8. The second kappa shape index (κ2) is 7.23. The number of hydrogen-bond donors (Lipinski definition) is 1. The molecule has 3 aromatic rings. The highest BCUT2D eigenvalue weighted by atomic mass is 16.1. The first-order valence-electron chi connectivity index (χ1n) is 8.52. The van der Waals surface area contributed by atoms with E-state index < -0.39 is 0 Å². The van der Waals surface area contributed by atoms with Crippen molar-refractivity contribution in [2.75, 3.05) is 18.0 Å². The van der Waals surface area contributed by atoms with Crippen LogP contribution < -0.4 is 10.2 Å². The number of hydrogen-bond acceptors (Lipinski definition) is 4. The molecular formula is C20H19N5O. The molecule has 0 aliphatic carbocycles. The summed E-state index contributed by atoms with van der Waals surface area (Å²) < 4.78 is 1.70. The van der Waals surface area contributed by atoms with Gasteiger partial charge in [0.15, 0.2) is 0 Å². The van der Waals surface area contributed by atoms with Crippen LogP contribution in [0.15, 0.2) is 73.3 Å². The van der Waals surface area contributed by atoms with Crippen LogP contribution in [0.2, 0.25) is 0 Å². The lowest BCUT2D eigenvalue weighted by atomic mass is 10.1. The van der Waals surface area contributed by atoms with Gasteiger partial charge in [-0.1, -0.05) is 30.4 Å². The van der Waals surface area contributed by atoms with E-state index >= 15 is 0 Å². The van der Waals surface area contributed by atoms with Gasteiger partial charge in [0.05, 0.1) is 5.69 Å². The summed E-state index contributed by atoms with van der Waals surface area (Å²) in [7, 11) is 0. The maximum atomic E-state index is 12.5. The molecule has 1 N–H and O–H groups in total. The Morgan fingerprint density at radius 2 is 1.85 bits per heavy atom. The number of nitrogens with zero attached hydrogens (tertiary/aromatic N) is 4. The normalized spacial score (nSPS) is 13.2. The third kappa shape index (κ3) is 3.49. The summed E-state index contributed by atoms with van der Waals surface area (Å²) in [6.07, 6.45) is 7.42. The minimum absolute atomic E-state index is 0.0700. The van der Waals surface area contributed by atoms with Crippen molar-refractivity contribution in [3.63, 3.8) is 0 Å². The van der Waals surface area contributed by atoms with Crippen LogP contribution in [0.4, 0.5) is 5.69 Å². The van der Waals surface area contributed by atoms with Gasteiger partial charge in [-0.25, -0.2) is 9.67 Å². The molecule has 26 heavy (non-hydrogen) atoms. The SMILES string of the molecule is O=C(NCc1ccc(-n2cncn2)cc1)c1cccc(N2CC=CC2)c1. The maximum Gasteiger partial charge on any atom is 0.251 e. The molecule has 0 saturated carbocycles. The Hall–Kier alpha value is -3.41. The van der Waals surface area contributed by atoms with E-state index in [2.05, 4.69) is 32.5 Å². The number of carbonyl (C=O) groups is 1. The fourth-order valence-electron chi connectivity index (χ4n) is 2.93. The van der Waals surface area contributed by atoms with E-state index in [1.165, 1.54) is 6.33 Å². The lowest BCUT2D eigenvalue weighted by molar-refractivity contribution is 0.0951. The summed E-state index contributed by atoms with van der Waals surface area (Å²) in [5.41, 5.74) is 3.71. The predicted molar refractivity (Wildman–Crippen MR) is 100 cm³/mol. The zero-order valence-electron chi connectivity index (χ0n) is 14.2. The number of anilines is 1. The molecule has 2 heterocycles. The summed E-state index contributed by atoms with van der Waals surface area (Å²) in [5.74, 6) is -0.0700. The van der Waals surface area contributed by atoms with Crippen molar-refractivity contribution in [1.82, 2.24) is 20.1 Å². The van der Waals surface area contributed by atoms with Gasteiger partial charge in [-0.15, -0.1) is 0 Å². The Morgan fingerprint density at radius 3 is 2.58 bits per heavy atom. The average Bonchev–Trinajstić information content (AvgIpc) is 3.40. The fraction of sp³-hybridized carbons (Fsp3) is 0.150. The number of rotatable bonds is 5. The minimum atomic E-state index is -0.0700. The van der Waals surface area contributed by atoms with Crippen LogP contribution in [0.25, 0.3) is 5.69 Å². The smallest absolute Gasteiger partial charge is 0.251 e. The van der Waals surface area contributed by atoms with E-state index in [0.717, 1.165) is 30.0 Å². The van der Waals surface area contributed by atoms with Crippen molar-refractivity contribution in [3.8, 4) is 5.69 Å². The van der Waals surface area contributed by atoms with E-state index in [-0.39, 0.29) is 5.91 Å². The number of benzene rings is 2. The molecule has 0 spiro atoms. The monoisotopic (exact) mass is 345 g/mol. The van der Waals surface area contributed by atoms with Gasteiger partial charge in [0, 0.05) is 30.9 Å². The second-order valence-electron chi connectivity index (χ2n) is 6.12.